The molecule has 1 aliphatic rings. The number of aliphatic hydroxyl groups is 1. The molecule has 6 nitrogen and oxygen atoms in total. The summed E-state index contributed by atoms with van der Waals surface area (Å²) in [6, 6.07) is -0.188. The van der Waals surface area contributed by atoms with Crippen molar-refractivity contribution in [2.75, 3.05) is 5.73 Å². The molecule has 1 heterocycles. The van der Waals surface area contributed by atoms with E-state index < -0.39 is 6.10 Å². The number of nitrogen functional groups attached to an aromatic ring is 1. The van der Waals surface area contributed by atoms with Crippen molar-refractivity contribution in [2.24, 2.45) is 0 Å². The highest BCUT2D eigenvalue weighted by Gasteiger charge is 2.26. The van der Waals surface area contributed by atoms with Gasteiger partial charge in [-0.25, -0.2) is 0 Å². The number of nitrogens with zero attached hydrogens (tertiary/aromatic N) is 1. The molecule has 0 spiro atoms. The lowest BCUT2D eigenvalue weighted by molar-refractivity contribution is 0.0714. The van der Waals surface area contributed by atoms with Crippen LogP contribution in [0.4, 0.5) is 5.69 Å². The number of carbonyl (C=O) groups excluding carboxylic acids is 1. The van der Waals surface area contributed by atoms with Crippen LogP contribution in [0.2, 0.25) is 0 Å². The second-order valence-electron chi connectivity index (χ2n) is 4.75. The zero-order valence-electron chi connectivity index (χ0n) is 10.6. The number of anilines is 1. The van der Waals surface area contributed by atoms with E-state index in [9.17, 15) is 9.90 Å². The van der Waals surface area contributed by atoms with E-state index in [1.54, 1.807) is 0 Å². The van der Waals surface area contributed by atoms with Gasteiger partial charge in [0.15, 0.2) is 5.69 Å². The number of aromatic amines is 1. The number of hydrogen-bond donors (Lipinski definition) is 4. The Kier molecular flexibility index (Phi) is 3.86. The number of amides is 1. The third kappa shape index (κ3) is 2.48. The molecule has 100 valence electrons. The lowest BCUT2D eigenvalue weighted by atomic mass is 9.92. The van der Waals surface area contributed by atoms with E-state index >= 15 is 0 Å². The molecule has 2 atom stereocenters. The lowest BCUT2D eigenvalue weighted by Crippen LogP contribution is -2.45. The highest BCUT2D eigenvalue weighted by atomic mass is 16.3. The van der Waals surface area contributed by atoms with Crippen molar-refractivity contribution in [1.29, 1.82) is 0 Å². The summed E-state index contributed by atoms with van der Waals surface area (Å²) in [6.45, 7) is 1.94. The monoisotopic (exact) mass is 252 g/mol. The van der Waals surface area contributed by atoms with Crippen LogP contribution in [-0.2, 0) is 6.42 Å². The maximum absolute atomic E-state index is 12.0. The number of nitrogens with one attached hydrogen (secondary N) is 2. The number of hydrogen-bond acceptors (Lipinski definition) is 4. The number of aryl methyl sites for hydroxylation is 1. The molecule has 5 N–H and O–H groups in total. The van der Waals surface area contributed by atoms with Gasteiger partial charge >= 0.3 is 0 Å². The molecule has 2 rings (SSSR count). The van der Waals surface area contributed by atoms with Crippen molar-refractivity contribution >= 4 is 11.6 Å². The number of rotatable bonds is 3. The van der Waals surface area contributed by atoms with Gasteiger partial charge in [-0.1, -0.05) is 19.8 Å². The average molecular weight is 252 g/mol. The van der Waals surface area contributed by atoms with Crippen molar-refractivity contribution < 1.29 is 9.90 Å². The van der Waals surface area contributed by atoms with E-state index in [2.05, 4.69) is 15.5 Å². The number of carbonyl (C=O) groups is 1. The first-order chi connectivity index (χ1) is 8.63. The summed E-state index contributed by atoms with van der Waals surface area (Å²) >= 11 is 0. The van der Waals surface area contributed by atoms with Gasteiger partial charge in [-0.3, -0.25) is 9.89 Å². The molecule has 0 bridgehead atoms. The molecule has 6 heteroatoms. The first-order valence-corrected chi connectivity index (χ1v) is 6.45. The minimum Gasteiger partial charge on any atom is -0.395 e. The Morgan fingerprint density at radius 1 is 1.56 bits per heavy atom. The molecular formula is C12H20N4O2. The molecule has 1 aromatic heterocycles. The highest BCUT2D eigenvalue weighted by Crippen LogP contribution is 2.20. The Hall–Kier alpha value is -1.56. The van der Waals surface area contributed by atoms with Crippen LogP contribution in [0.25, 0.3) is 0 Å². The molecule has 18 heavy (non-hydrogen) atoms. The van der Waals surface area contributed by atoms with E-state index in [1.807, 2.05) is 6.92 Å². The minimum absolute atomic E-state index is 0.188. The van der Waals surface area contributed by atoms with Gasteiger partial charge in [-0.15, -0.1) is 0 Å². The molecule has 0 saturated heterocycles. The standard InChI is InChI=1S/C12H20N4O2/c1-2-7-10(13)11(16-15-7)12(18)14-8-5-3-4-6-9(8)17/h8-9,17H,2-6,13H2,1H3,(H,14,18)(H,15,16)/t8-,9-/m0/s1. The van der Waals surface area contributed by atoms with Crippen molar-refractivity contribution in [3.05, 3.63) is 11.4 Å². The van der Waals surface area contributed by atoms with E-state index in [0.29, 0.717) is 12.1 Å². The molecular weight excluding hydrogens is 232 g/mol. The smallest absolute Gasteiger partial charge is 0.274 e. The van der Waals surface area contributed by atoms with Crippen molar-refractivity contribution in [1.82, 2.24) is 15.5 Å². The van der Waals surface area contributed by atoms with Crippen molar-refractivity contribution in [3.8, 4) is 0 Å². The fourth-order valence-corrected chi connectivity index (χ4v) is 2.35. The maximum Gasteiger partial charge on any atom is 0.274 e. The molecule has 0 aliphatic heterocycles. The topological polar surface area (TPSA) is 104 Å². The molecule has 0 aromatic carbocycles. The predicted octanol–water partition coefficient (Wildman–Crippen LogP) is 0.588. The zero-order chi connectivity index (χ0) is 13.1. The first kappa shape index (κ1) is 12.9. The zero-order valence-corrected chi connectivity index (χ0v) is 10.6. The van der Waals surface area contributed by atoms with Crippen LogP contribution in [-0.4, -0.2) is 33.4 Å². The van der Waals surface area contributed by atoms with Crippen LogP contribution in [0.1, 0.15) is 48.8 Å². The summed E-state index contributed by atoms with van der Waals surface area (Å²) < 4.78 is 0. The average Bonchev–Trinajstić information content (AvgIpc) is 2.73. The Bertz CT molecular complexity index is 430. The molecule has 1 aromatic rings. The Balaban J connectivity index is 2.04. The van der Waals surface area contributed by atoms with Gasteiger partial charge in [0.1, 0.15) is 0 Å². The maximum atomic E-state index is 12.0. The summed E-state index contributed by atoms with van der Waals surface area (Å²) in [5.74, 6) is -0.311. The van der Waals surface area contributed by atoms with Crippen LogP contribution < -0.4 is 11.1 Å². The van der Waals surface area contributed by atoms with Crippen molar-refractivity contribution in [2.45, 2.75) is 51.2 Å². The number of aliphatic hydroxyl groups excluding tert-OH is 1. The van der Waals surface area contributed by atoms with Crippen LogP contribution in [0.3, 0.4) is 0 Å². The van der Waals surface area contributed by atoms with E-state index in [0.717, 1.165) is 31.4 Å². The summed E-state index contributed by atoms with van der Waals surface area (Å²) in [7, 11) is 0. The molecule has 1 amide bonds. The summed E-state index contributed by atoms with van der Waals surface area (Å²) in [5, 5.41) is 19.3. The van der Waals surface area contributed by atoms with Gasteiger partial charge in [0.2, 0.25) is 0 Å². The second-order valence-corrected chi connectivity index (χ2v) is 4.75. The summed E-state index contributed by atoms with van der Waals surface area (Å²) in [4.78, 5) is 12.0. The minimum atomic E-state index is -0.464. The van der Waals surface area contributed by atoms with Gasteiger partial charge in [0, 0.05) is 0 Å². The van der Waals surface area contributed by atoms with Crippen molar-refractivity contribution in [3.63, 3.8) is 0 Å². The largest absolute Gasteiger partial charge is 0.395 e. The quantitative estimate of drug-likeness (QED) is 0.632. The van der Waals surface area contributed by atoms with E-state index in [4.69, 9.17) is 5.73 Å². The molecule has 0 unspecified atom stereocenters. The molecule has 1 aliphatic carbocycles. The third-order valence-electron chi connectivity index (χ3n) is 3.50. The number of nitrogens with two attached hydrogens (primary N) is 1. The van der Waals surface area contributed by atoms with Crippen LogP contribution in [0.5, 0.6) is 0 Å². The normalized spacial score (nSPS) is 23.9. The summed E-state index contributed by atoms with van der Waals surface area (Å²) in [6.07, 6.45) is 3.82. The number of aromatic nitrogens is 2. The van der Waals surface area contributed by atoms with Gasteiger partial charge in [-0.05, 0) is 19.3 Å². The van der Waals surface area contributed by atoms with Gasteiger partial charge in [0.25, 0.3) is 5.91 Å². The first-order valence-electron chi connectivity index (χ1n) is 6.45. The summed E-state index contributed by atoms with van der Waals surface area (Å²) in [5.41, 5.74) is 7.23. The highest BCUT2D eigenvalue weighted by molar-refractivity contribution is 5.97. The third-order valence-corrected chi connectivity index (χ3v) is 3.50. The van der Waals surface area contributed by atoms with E-state index in [-0.39, 0.29) is 17.6 Å². The molecule has 1 fully saturated rings. The van der Waals surface area contributed by atoms with Crippen LogP contribution >= 0.6 is 0 Å². The fourth-order valence-electron chi connectivity index (χ4n) is 2.35. The van der Waals surface area contributed by atoms with Gasteiger partial charge < -0.3 is 16.2 Å². The SMILES string of the molecule is CCc1[nH]nc(C(=O)N[C@H]2CCCC[C@@H]2O)c1N. The fraction of sp³-hybridized carbons (Fsp3) is 0.667. The van der Waals surface area contributed by atoms with E-state index in [1.165, 1.54) is 0 Å². The number of H-pyrrole nitrogens is 1. The van der Waals surface area contributed by atoms with Gasteiger partial charge in [0.05, 0.1) is 23.5 Å². The Morgan fingerprint density at radius 2 is 2.28 bits per heavy atom. The van der Waals surface area contributed by atoms with Gasteiger partial charge in [-0.2, -0.15) is 5.10 Å². The predicted molar refractivity (Wildman–Crippen MR) is 68.1 cm³/mol. The second kappa shape index (κ2) is 5.39. The lowest BCUT2D eigenvalue weighted by Gasteiger charge is -2.28. The van der Waals surface area contributed by atoms with Crippen LogP contribution in [0, 0.1) is 0 Å². The molecule has 1 saturated carbocycles. The Labute approximate surface area is 106 Å². The Morgan fingerprint density at radius 3 is 2.89 bits per heavy atom. The molecule has 0 radical (unpaired) electrons. The van der Waals surface area contributed by atoms with Crippen LogP contribution in [0.15, 0.2) is 0 Å².